The van der Waals surface area contributed by atoms with E-state index in [0.29, 0.717) is 22.6 Å². The van der Waals surface area contributed by atoms with E-state index in [4.69, 9.17) is 13.9 Å². The Balaban J connectivity index is 1.81. The van der Waals surface area contributed by atoms with Crippen LogP contribution >= 0.6 is 0 Å². The molecule has 0 saturated heterocycles. The average Bonchev–Trinajstić information content (AvgIpc) is 3.61. The fourth-order valence-corrected chi connectivity index (χ4v) is 4.36. The molecule has 35 heavy (non-hydrogen) atoms. The highest BCUT2D eigenvalue weighted by Crippen LogP contribution is 2.32. The summed E-state index contributed by atoms with van der Waals surface area (Å²) in [7, 11) is 2.85. The van der Waals surface area contributed by atoms with E-state index in [2.05, 4.69) is 5.32 Å². The van der Waals surface area contributed by atoms with Gasteiger partial charge in [0.25, 0.3) is 5.91 Å². The number of esters is 1. The number of carbonyl (C=O) groups is 3. The second kappa shape index (κ2) is 10.9. The molecule has 4 rings (SSSR count). The van der Waals surface area contributed by atoms with Gasteiger partial charge in [-0.15, -0.1) is 0 Å². The molecule has 2 amide bonds. The van der Waals surface area contributed by atoms with E-state index in [9.17, 15) is 14.4 Å². The van der Waals surface area contributed by atoms with Gasteiger partial charge in [-0.05, 0) is 66.9 Å². The summed E-state index contributed by atoms with van der Waals surface area (Å²) in [5.41, 5.74) is 1.33. The normalized spacial score (nSPS) is 14.2. The van der Waals surface area contributed by atoms with Crippen molar-refractivity contribution in [1.29, 1.82) is 0 Å². The van der Waals surface area contributed by atoms with Crippen LogP contribution in [-0.2, 0) is 9.53 Å². The van der Waals surface area contributed by atoms with E-state index >= 15 is 0 Å². The van der Waals surface area contributed by atoms with Crippen molar-refractivity contribution >= 4 is 23.5 Å². The summed E-state index contributed by atoms with van der Waals surface area (Å²) in [5, 5.41) is 3.13. The lowest BCUT2D eigenvalue weighted by atomic mass is 10.0. The molecule has 182 valence electrons. The third kappa shape index (κ3) is 5.37. The van der Waals surface area contributed by atoms with E-state index < -0.39 is 17.9 Å². The van der Waals surface area contributed by atoms with Gasteiger partial charge in [0.05, 0.1) is 26.0 Å². The Morgan fingerprint density at radius 2 is 1.74 bits per heavy atom. The standard InChI is InChI=1S/C27H28N2O6/c1-33-22-10-5-7-19(17-22)24(25(30)28-20-8-3-4-9-20)29(26(31)23-11-6-16-35-23)21-14-12-18(13-15-21)27(32)34-2/h5-7,10-17,20,24H,3-4,8-9H2,1-2H3,(H,28,30). The van der Waals surface area contributed by atoms with Crippen LogP contribution in [0.4, 0.5) is 5.69 Å². The molecule has 0 radical (unpaired) electrons. The van der Waals surface area contributed by atoms with Crippen molar-refractivity contribution < 1.29 is 28.3 Å². The first-order valence-electron chi connectivity index (χ1n) is 11.5. The number of nitrogens with zero attached hydrogens (tertiary/aromatic N) is 1. The van der Waals surface area contributed by atoms with E-state index in [1.54, 1.807) is 67.8 Å². The summed E-state index contributed by atoms with van der Waals surface area (Å²) < 4.78 is 15.6. The molecular formula is C27H28N2O6. The maximum Gasteiger partial charge on any atom is 0.337 e. The molecule has 1 fully saturated rings. The molecular weight excluding hydrogens is 448 g/mol. The molecule has 1 saturated carbocycles. The van der Waals surface area contributed by atoms with Crippen LogP contribution in [0.2, 0.25) is 0 Å². The van der Waals surface area contributed by atoms with Gasteiger partial charge in [-0.25, -0.2) is 4.79 Å². The maximum atomic E-state index is 13.8. The van der Waals surface area contributed by atoms with E-state index in [1.807, 2.05) is 0 Å². The number of methoxy groups -OCH3 is 2. The quantitative estimate of drug-likeness (QED) is 0.480. The average molecular weight is 477 g/mol. The SMILES string of the molecule is COC(=O)c1ccc(N(C(=O)c2ccco2)C(C(=O)NC2CCCC2)c2cccc(OC)c2)cc1. The lowest BCUT2D eigenvalue weighted by Gasteiger charge is -2.32. The summed E-state index contributed by atoms with van der Waals surface area (Å²) in [5.74, 6) is -0.641. The van der Waals surface area contributed by atoms with Gasteiger partial charge >= 0.3 is 5.97 Å². The number of nitrogens with one attached hydrogen (secondary N) is 1. The van der Waals surface area contributed by atoms with Crippen molar-refractivity contribution in [3.63, 3.8) is 0 Å². The number of hydrogen-bond donors (Lipinski definition) is 1. The molecule has 0 spiro atoms. The fraction of sp³-hybridized carbons (Fsp3) is 0.296. The van der Waals surface area contributed by atoms with Gasteiger partial charge in [-0.2, -0.15) is 0 Å². The van der Waals surface area contributed by atoms with Gasteiger partial charge in [0.15, 0.2) is 5.76 Å². The minimum atomic E-state index is -1.01. The monoisotopic (exact) mass is 476 g/mol. The van der Waals surface area contributed by atoms with Gasteiger partial charge in [-0.3, -0.25) is 14.5 Å². The highest BCUT2D eigenvalue weighted by molar-refractivity contribution is 6.09. The molecule has 0 aliphatic heterocycles. The number of anilines is 1. The molecule has 2 aromatic carbocycles. The zero-order valence-corrected chi connectivity index (χ0v) is 19.7. The zero-order valence-electron chi connectivity index (χ0n) is 19.7. The molecule has 8 heteroatoms. The second-order valence-electron chi connectivity index (χ2n) is 8.36. The Bertz CT molecular complexity index is 1170. The third-order valence-electron chi connectivity index (χ3n) is 6.13. The van der Waals surface area contributed by atoms with E-state index in [-0.39, 0.29) is 17.7 Å². The molecule has 1 aliphatic rings. The Hall–Kier alpha value is -4.07. The van der Waals surface area contributed by atoms with Gasteiger partial charge < -0.3 is 19.2 Å². The third-order valence-corrected chi connectivity index (χ3v) is 6.13. The van der Waals surface area contributed by atoms with Crippen LogP contribution in [0.5, 0.6) is 5.75 Å². The Morgan fingerprint density at radius 3 is 2.37 bits per heavy atom. The lowest BCUT2D eigenvalue weighted by molar-refractivity contribution is -0.123. The summed E-state index contributed by atoms with van der Waals surface area (Å²) in [6.07, 6.45) is 5.32. The summed E-state index contributed by atoms with van der Waals surface area (Å²) >= 11 is 0. The van der Waals surface area contributed by atoms with Crippen molar-refractivity contribution in [3.8, 4) is 5.75 Å². The molecule has 8 nitrogen and oxygen atoms in total. The molecule has 1 atom stereocenters. The van der Waals surface area contributed by atoms with Gasteiger partial charge in [0, 0.05) is 11.7 Å². The minimum absolute atomic E-state index is 0.0536. The first-order valence-corrected chi connectivity index (χ1v) is 11.5. The largest absolute Gasteiger partial charge is 0.497 e. The topological polar surface area (TPSA) is 98.1 Å². The number of carbonyl (C=O) groups excluding carboxylic acids is 3. The van der Waals surface area contributed by atoms with Crippen molar-refractivity contribution in [2.45, 2.75) is 37.8 Å². The molecule has 1 aromatic heterocycles. The van der Waals surface area contributed by atoms with Gasteiger partial charge in [0.2, 0.25) is 5.91 Å². The molecule has 1 aliphatic carbocycles. The zero-order chi connectivity index (χ0) is 24.8. The van der Waals surface area contributed by atoms with Gasteiger partial charge in [-0.1, -0.05) is 25.0 Å². The molecule has 1 heterocycles. The lowest BCUT2D eigenvalue weighted by Crippen LogP contribution is -2.46. The van der Waals surface area contributed by atoms with Crippen LogP contribution in [-0.4, -0.2) is 38.0 Å². The van der Waals surface area contributed by atoms with Crippen LogP contribution in [0, 0.1) is 0 Å². The van der Waals surface area contributed by atoms with E-state index in [1.165, 1.54) is 18.3 Å². The van der Waals surface area contributed by atoms with Crippen LogP contribution < -0.4 is 15.0 Å². The predicted octanol–water partition coefficient (Wildman–Crippen LogP) is 4.52. The van der Waals surface area contributed by atoms with Crippen LogP contribution in [0.1, 0.15) is 58.2 Å². The molecule has 1 unspecified atom stereocenters. The van der Waals surface area contributed by atoms with Crippen LogP contribution in [0.3, 0.4) is 0 Å². The Labute approximate surface area is 203 Å². The fourth-order valence-electron chi connectivity index (χ4n) is 4.36. The number of benzene rings is 2. The molecule has 1 N–H and O–H groups in total. The van der Waals surface area contributed by atoms with Crippen molar-refractivity contribution in [3.05, 3.63) is 83.8 Å². The number of ether oxygens (including phenoxy) is 2. The number of furan rings is 1. The number of hydrogen-bond acceptors (Lipinski definition) is 6. The van der Waals surface area contributed by atoms with Crippen LogP contribution in [0.25, 0.3) is 0 Å². The van der Waals surface area contributed by atoms with E-state index in [0.717, 1.165) is 25.7 Å². The molecule has 0 bridgehead atoms. The van der Waals surface area contributed by atoms with Crippen molar-refractivity contribution in [1.82, 2.24) is 5.32 Å². The highest BCUT2D eigenvalue weighted by Gasteiger charge is 2.36. The summed E-state index contributed by atoms with van der Waals surface area (Å²) in [6.45, 7) is 0. The first kappa shape index (κ1) is 24.1. The highest BCUT2D eigenvalue weighted by atomic mass is 16.5. The summed E-state index contributed by atoms with van der Waals surface area (Å²) in [4.78, 5) is 40.8. The minimum Gasteiger partial charge on any atom is -0.497 e. The summed E-state index contributed by atoms with van der Waals surface area (Å²) in [6, 6.07) is 15.6. The number of rotatable bonds is 8. The molecule has 3 aromatic rings. The van der Waals surface area contributed by atoms with Crippen LogP contribution in [0.15, 0.2) is 71.3 Å². The first-order chi connectivity index (χ1) is 17.0. The smallest absolute Gasteiger partial charge is 0.337 e. The predicted molar refractivity (Wildman–Crippen MR) is 129 cm³/mol. The maximum absolute atomic E-state index is 13.8. The van der Waals surface area contributed by atoms with Gasteiger partial charge in [0.1, 0.15) is 11.8 Å². The van der Waals surface area contributed by atoms with Crippen molar-refractivity contribution in [2.24, 2.45) is 0 Å². The Morgan fingerprint density at radius 1 is 1.00 bits per heavy atom. The second-order valence-corrected chi connectivity index (χ2v) is 8.36. The number of amides is 2. The van der Waals surface area contributed by atoms with Crippen molar-refractivity contribution in [2.75, 3.05) is 19.1 Å². The Kier molecular flexibility index (Phi) is 7.50.